The fourth-order valence-corrected chi connectivity index (χ4v) is 7.26. The summed E-state index contributed by atoms with van der Waals surface area (Å²) in [7, 11) is 0. The van der Waals surface area contributed by atoms with Crippen LogP contribution in [0.3, 0.4) is 0 Å². The molecule has 0 amide bonds. The lowest BCUT2D eigenvalue weighted by Gasteiger charge is -2.49. The van der Waals surface area contributed by atoms with Gasteiger partial charge in [-0.05, 0) is 61.5 Å². The van der Waals surface area contributed by atoms with Gasteiger partial charge in [-0.15, -0.1) is 11.3 Å². The minimum Gasteiger partial charge on any atom is -0.355 e. The quantitative estimate of drug-likeness (QED) is 0.436. The molecule has 2 aliphatic carbocycles. The number of thiophene rings is 1. The van der Waals surface area contributed by atoms with Crippen molar-refractivity contribution in [1.82, 2.24) is 9.97 Å². The van der Waals surface area contributed by atoms with Gasteiger partial charge in [0, 0.05) is 23.4 Å². The Hall–Kier alpha value is -2.15. The number of rotatable bonds is 5. The number of aromatic nitrogens is 2. The van der Waals surface area contributed by atoms with Crippen molar-refractivity contribution in [3.05, 3.63) is 53.2 Å². The summed E-state index contributed by atoms with van der Waals surface area (Å²) in [5, 5.41) is 0.766. The van der Waals surface area contributed by atoms with Crippen molar-refractivity contribution in [2.45, 2.75) is 56.5 Å². The summed E-state index contributed by atoms with van der Waals surface area (Å²) in [6.45, 7) is 1.91. The first kappa shape index (κ1) is 20.5. The first-order chi connectivity index (χ1) is 15.3. The Bertz CT molecular complexity index is 1130. The van der Waals surface area contributed by atoms with Gasteiger partial charge in [0.1, 0.15) is 17.0 Å². The molecule has 0 radical (unpaired) electrons. The highest BCUT2D eigenvalue weighted by Gasteiger charge is 2.52. The van der Waals surface area contributed by atoms with E-state index in [2.05, 4.69) is 45.2 Å². The van der Waals surface area contributed by atoms with Crippen LogP contribution in [0.5, 0.6) is 0 Å². The van der Waals surface area contributed by atoms with Crippen molar-refractivity contribution >= 4 is 27.4 Å². The molecule has 2 saturated carbocycles. The maximum atomic E-state index is 12.8. The van der Waals surface area contributed by atoms with Crippen LogP contribution in [-0.4, -0.2) is 29.2 Å². The van der Waals surface area contributed by atoms with Crippen LogP contribution in [0.1, 0.15) is 49.0 Å². The van der Waals surface area contributed by atoms with Gasteiger partial charge in [0.05, 0.1) is 11.8 Å². The number of nitrogens with zero attached hydrogens (tertiary/aromatic N) is 3. The molecule has 32 heavy (non-hydrogen) atoms. The average molecular weight is 458 g/mol. The number of anilines is 1. The molecular formula is C25H26F3N3S. The number of hydrogen-bond donors (Lipinski definition) is 0. The van der Waals surface area contributed by atoms with E-state index < -0.39 is 12.6 Å². The highest BCUT2D eigenvalue weighted by Crippen LogP contribution is 2.58. The molecule has 3 aliphatic rings. The second-order valence-corrected chi connectivity index (χ2v) is 11.4. The average Bonchev–Trinajstić information content (AvgIpc) is 3.20. The van der Waals surface area contributed by atoms with Crippen LogP contribution in [0, 0.1) is 11.3 Å². The van der Waals surface area contributed by atoms with E-state index in [4.69, 9.17) is 0 Å². The first-order valence-corrected chi connectivity index (χ1v) is 12.3. The number of fused-ring (bicyclic) bond motifs is 1. The van der Waals surface area contributed by atoms with E-state index in [1.54, 1.807) is 6.07 Å². The molecule has 0 N–H and O–H groups in total. The molecular weight excluding hydrogens is 431 g/mol. The van der Waals surface area contributed by atoms with Crippen molar-refractivity contribution in [2.24, 2.45) is 11.3 Å². The SMILES string of the molecule is FC(F)(F)Cc1cc2c(N3CC4(CCC(CC5(c6ccccc6)CC5)C4)C3)ncnc2s1. The molecule has 3 aromatic rings. The minimum absolute atomic E-state index is 0.307. The van der Waals surface area contributed by atoms with Gasteiger partial charge in [-0.3, -0.25) is 0 Å². The maximum absolute atomic E-state index is 12.8. The summed E-state index contributed by atoms with van der Waals surface area (Å²) in [6, 6.07) is 12.6. The third-order valence-corrected chi connectivity index (χ3v) is 8.85. The van der Waals surface area contributed by atoms with Gasteiger partial charge in [0.2, 0.25) is 0 Å². The Balaban J connectivity index is 1.13. The molecule has 1 saturated heterocycles. The van der Waals surface area contributed by atoms with E-state index in [1.165, 1.54) is 50.4 Å². The van der Waals surface area contributed by atoms with Gasteiger partial charge in [-0.2, -0.15) is 13.2 Å². The van der Waals surface area contributed by atoms with Crippen molar-refractivity contribution in [3.63, 3.8) is 0 Å². The normalized spacial score (nSPS) is 23.6. The second kappa shape index (κ2) is 7.17. The molecule has 1 unspecified atom stereocenters. The first-order valence-electron chi connectivity index (χ1n) is 11.4. The zero-order valence-electron chi connectivity index (χ0n) is 17.9. The van der Waals surface area contributed by atoms with Crippen molar-refractivity contribution < 1.29 is 13.2 Å². The fraction of sp³-hybridized carbons (Fsp3) is 0.520. The van der Waals surface area contributed by atoms with E-state index in [0.29, 0.717) is 20.5 Å². The van der Waals surface area contributed by atoms with Gasteiger partial charge in [-0.1, -0.05) is 30.3 Å². The van der Waals surface area contributed by atoms with Crippen LogP contribution in [-0.2, 0) is 11.8 Å². The molecule has 168 valence electrons. The van der Waals surface area contributed by atoms with E-state index in [1.807, 2.05) is 0 Å². The molecule has 1 aromatic carbocycles. The Labute approximate surface area is 189 Å². The second-order valence-electron chi connectivity index (χ2n) is 10.2. The van der Waals surface area contributed by atoms with Crippen molar-refractivity contribution in [2.75, 3.05) is 18.0 Å². The van der Waals surface area contributed by atoms with E-state index in [-0.39, 0.29) is 0 Å². The van der Waals surface area contributed by atoms with Crippen LogP contribution in [0.15, 0.2) is 42.7 Å². The number of benzene rings is 1. The Morgan fingerprint density at radius 3 is 2.56 bits per heavy atom. The predicted molar refractivity (Wildman–Crippen MR) is 121 cm³/mol. The smallest absolute Gasteiger partial charge is 0.355 e. The summed E-state index contributed by atoms with van der Waals surface area (Å²) in [4.78, 5) is 11.9. The number of alkyl halides is 3. The van der Waals surface area contributed by atoms with E-state index >= 15 is 0 Å². The maximum Gasteiger partial charge on any atom is 0.393 e. The minimum atomic E-state index is -4.20. The fourth-order valence-electron chi connectivity index (χ4n) is 6.24. The molecule has 0 bridgehead atoms. The third-order valence-electron chi connectivity index (χ3n) is 7.81. The molecule has 3 heterocycles. The van der Waals surface area contributed by atoms with Crippen LogP contribution >= 0.6 is 11.3 Å². The molecule has 3 nitrogen and oxygen atoms in total. The summed E-state index contributed by atoms with van der Waals surface area (Å²) in [6.07, 6.45) is 4.09. The largest absolute Gasteiger partial charge is 0.393 e. The van der Waals surface area contributed by atoms with Gasteiger partial charge in [0.25, 0.3) is 0 Å². The summed E-state index contributed by atoms with van der Waals surface area (Å²) in [5.41, 5.74) is 2.26. The van der Waals surface area contributed by atoms with Crippen LogP contribution in [0.25, 0.3) is 10.2 Å². The lowest BCUT2D eigenvalue weighted by molar-refractivity contribution is -0.126. The standard InChI is InChI=1S/C25H26F3N3S/c26-25(27,28)13-19-10-20-21(29-16-30-22(20)32-19)31-14-23(15-31)7-6-17(11-23)12-24(8-9-24)18-4-2-1-3-5-18/h1-5,10,16-17H,6-9,11-15H2. The van der Waals surface area contributed by atoms with Crippen molar-refractivity contribution in [1.29, 1.82) is 0 Å². The monoisotopic (exact) mass is 457 g/mol. The molecule has 1 spiro atoms. The summed E-state index contributed by atoms with van der Waals surface area (Å²) >= 11 is 1.13. The highest BCUT2D eigenvalue weighted by molar-refractivity contribution is 7.18. The van der Waals surface area contributed by atoms with E-state index in [9.17, 15) is 13.2 Å². The highest BCUT2D eigenvalue weighted by atomic mass is 32.1. The van der Waals surface area contributed by atoms with Gasteiger partial charge in [0.15, 0.2) is 0 Å². The topological polar surface area (TPSA) is 29.0 Å². The van der Waals surface area contributed by atoms with Crippen molar-refractivity contribution in [3.8, 4) is 0 Å². The Morgan fingerprint density at radius 2 is 1.84 bits per heavy atom. The Morgan fingerprint density at radius 1 is 1.06 bits per heavy atom. The molecule has 1 atom stereocenters. The molecule has 1 aliphatic heterocycles. The zero-order chi connectivity index (χ0) is 22.0. The summed E-state index contributed by atoms with van der Waals surface area (Å²) in [5.74, 6) is 1.57. The van der Waals surface area contributed by atoms with Crippen LogP contribution in [0.4, 0.5) is 19.0 Å². The van der Waals surface area contributed by atoms with E-state index in [0.717, 1.165) is 41.5 Å². The third kappa shape index (κ3) is 3.68. The Kier molecular flexibility index (Phi) is 4.59. The molecule has 6 rings (SSSR count). The molecule has 3 fully saturated rings. The van der Waals surface area contributed by atoms with Gasteiger partial charge in [-0.25, -0.2) is 9.97 Å². The number of halogens is 3. The van der Waals surface area contributed by atoms with Crippen LogP contribution in [0.2, 0.25) is 0 Å². The predicted octanol–water partition coefficient (Wildman–Crippen LogP) is 6.52. The van der Waals surface area contributed by atoms with Gasteiger partial charge >= 0.3 is 6.18 Å². The number of hydrogen-bond acceptors (Lipinski definition) is 4. The van der Waals surface area contributed by atoms with Gasteiger partial charge < -0.3 is 4.90 Å². The lowest BCUT2D eigenvalue weighted by Crippen LogP contribution is -2.55. The molecule has 7 heteroatoms. The zero-order valence-corrected chi connectivity index (χ0v) is 18.7. The molecule has 2 aromatic heterocycles. The van der Waals surface area contributed by atoms with Crippen LogP contribution < -0.4 is 4.90 Å². The summed E-state index contributed by atoms with van der Waals surface area (Å²) < 4.78 is 38.5. The lowest BCUT2D eigenvalue weighted by atomic mass is 9.76.